The first-order chi connectivity index (χ1) is 52.0. The molecule has 0 N–H and O–H groups in total. The summed E-state index contributed by atoms with van der Waals surface area (Å²) in [5, 5.41) is 0. The van der Waals surface area contributed by atoms with Crippen molar-refractivity contribution in [3.05, 3.63) is 388 Å². The highest BCUT2D eigenvalue weighted by molar-refractivity contribution is 8.01. The second-order valence-electron chi connectivity index (χ2n) is 27.5. The number of benzene rings is 16. The van der Waals surface area contributed by atoms with E-state index in [1.54, 1.807) is 0 Å². The molecule has 0 radical (unpaired) electrons. The molecule has 0 amide bonds. The molecule has 492 valence electrons. The summed E-state index contributed by atoms with van der Waals surface area (Å²) in [6, 6.07) is 142. The van der Waals surface area contributed by atoms with E-state index in [0.29, 0.717) is 0 Å². The number of hydrogen-bond acceptors (Lipinski definition) is 6. The Hall–Kier alpha value is -12.5. The van der Waals surface area contributed by atoms with Gasteiger partial charge in [0.2, 0.25) is 6.71 Å². The van der Waals surface area contributed by atoms with Crippen LogP contribution in [0.1, 0.15) is 5.56 Å². The normalized spacial score (nSPS) is 12.7. The van der Waals surface area contributed by atoms with Crippen LogP contribution in [0.3, 0.4) is 0 Å². The van der Waals surface area contributed by atoms with E-state index in [1.807, 2.05) is 23.5 Å². The van der Waals surface area contributed by atoms with Gasteiger partial charge in [-0.3, -0.25) is 0 Å². The van der Waals surface area contributed by atoms with E-state index in [4.69, 9.17) is 0 Å². The Morgan fingerprint density at radius 1 is 0.238 bits per heavy atom. The Labute approximate surface area is 623 Å². The molecule has 8 heteroatoms. The summed E-state index contributed by atoms with van der Waals surface area (Å²) in [6.45, 7) is 2.10. The van der Waals surface area contributed by atoms with Crippen LogP contribution in [0.2, 0.25) is 0 Å². The van der Waals surface area contributed by atoms with E-state index in [-0.39, 0.29) is 13.4 Å². The van der Waals surface area contributed by atoms with E-state index < -0.39 is 0 Å². The highest BCUT2D eigenvalue weighted by atomic mass is 32.2. The van der Waals surface area contributed by atoms with Crippen LogP contribution in [-0.4, -0.2) is 13.4 Å². The van der Waals surface area contributed by atoms with Crippen molar-refractivity contribution in [2.24, 2.45) is 0 Å². The van der Waals surface area contributed by atoms with Gasteiger partial charge in [-0.2, -0.15) is 0 Å². The topological polar surface area (TPSA) is 13.0 Å². The average Bonchev–Trinajstić information content (AvgIpc) is 0.687. The summed E-state index contributed by atoms with van der Waals surface area (Å²) in [6.07, 6.45) is 0. The van der Waals surface area contributed by atoms with E-state index in [1.165, 1.54) is 97.0 Å². The Kier molecular flexibility index (Phi) is 15.5. The zero-order valence-corrected chi connectivity index (χ0v) is 59.3. The molecule has 0 unspecified atom stereocenters. The number of rotatable bonds is 13. The lowest BCUT2D eigenvalue weighted by Gasteiger charge is -2.46. The monoisotopic (exact) mass is 1370 g/mol. The van der Waals surface area contributed by atoms with Gasteiger partial charge in [0.15, 0.2) is 0 Å². The van der Waals surface area contributed by atoms with Crippen molar-refractivity contribution < 1.29 is 0 Å². The fraction of sp³-hybridized carbons (Fsp3) is 0.0103. The molecule has 16 aromatic carbocycles. The fourth-order valence-corrected chi connectivity index (χ4v) is 19.1. The third-order valence-electron chi connectivity index (χ3n) is 21.5. The predicted octanol–water partition coefficient (Wildman–Crippen LogP) is 22.8. The zero-order chi connectivity index (χ0) is 69.5. The summed E-state index contributed by atoms with van der Waals surface area (Å²) in [5.74, 6) is 0. The van der Waals surface area contributed by atoms with Gasteiger partial charge in [-0.1, -0.05) is 314 Å². The second kappa shape index (κ2) is 26.1. The zero-order valence-electron chi connectivity index (χ0n) is 57.6. The molecule has 4 nitrogen and oxygen atoms in total. The lowest BCUT2D eigenvalue weighted by molar-refractivity contribution is 1.21. The van der Waals surface area contributed by atoms with Crippen molar-refractivity contribution in [3.8, 4) is 55.6 Å². The molecule has 20 rings (SSSR count). The summed E-state index contributed by atoms with van der Waals surface area (Å²) in [7, 11) is 0. The van der Waals surface area contributed by atoms with Gasteiger partial charge in [0.25, 0.3) is 6.71 Å². The summed E-state index contributed by atoms with van der Waals surface area (Å²) < 4.78 is 0. The van der Waals surface area contributed by atoms with E-state index >= 15 is 0 Å². The van der Waals surface area contributed by atoms with Crippen LogP contribution in [-0.2, 0) is 0 Å². The van der Waals surface area contributed by atoms with Gasteiger partial charge < -0.3 is 19.6 Å². The minimum absolute atomic E-state index is 0.0448. The molecule has 0 atom stereocenters. The van der Waals surface area contributed by atoms with Crippen LogP contribution in [0.25, 0.3) is 55.6 Å². The first-order valence-corrected chi connectivity index (χ1v) is 37.7. The largest absolute Gasteiger partial charge is 0.311 e. The third-order valence-corrected chi connectivity index (χ3v) is 23.7. The molecule has 105 heavy (non-hydrogen) atoms. The molecule has 0 spiro atoms. The maximum Gasteiger partial charge on any atom is 0.252 e. The van der Waals surface area contributed by atoms with Crippen molar-refractivity contribution in [3.63, 3.8) is 0 Å². The van der Waals surface area contributed by atoms with Gasteiger partial charge >= 0.3 is 0 Å². The molecule has 0 fully saturated rings. The first-order valence-electron chi connectivity index (χ1n) is 36.1. The van der Waals surface area contributed by atoms with Crippen molar-refractivity contribution >= 4 is 138 Å². The van der Waals surface area contributed by atoms with E-state index in [9.17, 15) is 0 Å². The second-order valence-corrected chi connectivity index (χ2v) is 29.7. The maximum atomic E-state index is 2.68. The standard InChI is InChI=1S/C97H66B2N4S2/c1-65-25-24-38-82(74-34-16-6-17-35-74)97(65)103-88-64-92-86(99-84-40-21-23-42-91(84)104-93-61-81(62-94(105-92)96(93)99)101(78-55-47-72(48-56-78)68-30-12-4-13-31-68)79-57-49-73(50-58-79)69-32-14-5-15-33-69)63-85(88)98-83-39-20-22-41-87(83)102(75-36-18-7-19-37-75)89-59-80(60-90(103)95(89)98)100(76-51-43-70(44-52-76)66-26-8-2-9-27-66)77-53-45-71(46-54-77)67-28-10-3-11-29-67/h2-64H,1H3. The van der Waals surface area contributed by atoms with Crippen LogP contribution < -0.4 is 52.4 Å². The highest BCUT2D eigenvalue weighted by Gasteiger charge is 2.47. The van der Waals surface area contributed by atoms with Gasteiger partial charge in [-0.05, 0) is 188 Å². The van der Waals surface area contributed by atoms with Gasteiger partial charge in [-0.25, -0.2) is 0 Å². The Bertz CT molecular complexity index is 5810. The molecule has 4 heterocycles. The van der Waals surface area contributed by atoms with Crippen LogP contribution >= 0.6 is 23.5 Å². The molecule has 0 aliphatic carbocycles. The van der Waals surface area contributed by atoms with E-state index in [2.05, 4.69) is 409 Å². The molecule has 0 saturated carbocycles. The van der Waals surface area contributed by atoms with Gasteiger partial charge in [-0.15, -0.1) is 0 Å². The summed E-state index contributed by atoms with van der Waals surface area (Å²) in [5.41, 5.74) is 34.1. The smallest absolute Gasteiger partial charge is 0.252 e. The number of para-hydroxylation sites is 3. The van der Waals surface area contributed by atoms with E-state index in [0.717, 1.165) is 84.8 Å². The average molecular weight is 1370 g/mol. The quantitative estimate of drug-likeness (QED) is 0.106. The number of nitrogens with zero attached hydrogens (tertiary/aromatic N) is 4. The summed E-state index contributed by atoms with van der Waals surface area (Å²) in [4.78, 5) is 15.2. The molecular formula is C97H66B2N4S2. The Morgan fingerprint density at radius 2 is 0.629 bits per heavy atom. The lowest BCUT2D eigenvalue weighted by atomic mass is 9.31. The maximum absolute atomic E-state index is 2.68. The van der Waals surface area contributed by atoms with Crippen LogP contribution in [0.15, 0.2) is 402 Å². The summed E-state index contributed by atoms with van der Waals surface area (Å²) >= 11 is 3.84. The number of aryl methyl sites for hydroxylation is 1. The van der Waals surface area contributed by atoms with Gasteiger partial charge in [0, 0.05) is 82.0 Å². The molecule has 16 aromatic rings. The number of hydrogen-bond donors (Lipinski definition) is 0. The first kappa shape index (κ1) is 62.3. The van der Waals surface area contributed by atoms with Crippen LogP contribution in [0.5, 0.6) is 0 Å². The van der Waals surface area contributed by atoms with Crippen molar-refractivity contribution in [1.29, 1.82) is 0 Å². The minimum Gasteiger partial charge on any atom is -0.311 e. The van der Waals surface area contributed by atoms with Crippen LogP contribution in [0.4, 0.5) is 68.2 Å². The van der Waals surface area contributed by atoms with Crippen molar-refractivity contribution in [1.82, 2.24) is 0 Å². The number of anilines is 12. The Balaban J connectivity index is 0.832. The molecule has 0 aromatic heterocycles. The van der Waals surface area contributed by atoms with Gasteiger partial charge in [0.1, 0.15) is 0 Å². The molecule has 4 aliphatic rings. The Morgan fingerprint density at radius 3 is 1.12 bits per heavy atom. The fourth-order valence-electron chi connectivity index (χ4n) is 16.6. The molecule has 4 aliphatic heterocycles. The van der Waals surface area contributed by atoms with Crippen molar-refractivity contribution in [2.75, 3.05) is 19.6 Å². The van der Waals surface area contributed by atoms with Crippen molar-refractivity contribution in [2.45, 2.75) is 26.5 Å². The lowest BCUT2D eigenvalue weighted by Crippen LogP contribution is -2.64. The molecule has 0 bridgehead atoms. The molecular weight excluding hydrogens is 1310 g/mol. The number of fused-ring (bicyclic) bond motifs is 8. The SMILES string of the molecule is Cc1cccc(-c2ccccc2)c1N1c2cc3c(cc2B2c4ccccc4N(c4ccccc4)c4cc(N(c5ccc(-c6ccccc6)cc5)c5ccc(-c6ccccc6)cc5)cc1c42)B1c2ccccc2Sc2cc(N(c4ccc(-c5ccccc5)cc4)c4ccc(-c5ccccc5)cc4)cc(c21)S3. The minimum atomic E-state index is -0.165. The van der Waals surface area contributed by atoms with Gasteiger partial charge in [0.05, 0.1) is 11.4 Å². The molecule has 0 saturated heterocycles. The predicted molar refractivity (Wildman–Crippen MR) is 448 cm³/mol. The highest BCUT2D eigenvalue weighted by Crippen LogP contribution is 2.53. The third kappa shape index (κ3) is 10.9. The van der Waals surface area contributed by atoms with Crippen LogP contribution in [0, 0.1) is 6.92 Å².